The van der Waals surface area contributed by atoms with Crippen LogP contribution >= 0.6 is 0 Å². The molecule has 0 saturated heterocycles. The van der Waals surface area contributed by atoms with Gasteiger partial charge in [-0.25, -0.2) is 4.39 Å². The zero-order valence-corrected chi connectivity index (χ0v) is 19.2. The van der Waals surface area contributed by atoms with Crippen molar-refractivity contribution in [2.24, 2.45) is 5.92 Å². The lowest BCUT2D eigenvalue weighted by atomic mass is 9.79. The average Bonchev–Trinajstić information content (AvgIpc) is 2.86. The molecular weight excluding hydrogens is 445 g/mol. The first-order valence-corrected chi connectivity index (χ1v) is 11.1. The van der Waals surface area contributed by atoms with Gasteiger partial charge in [0.05, 0.1) is 23.1 Å². The van der Waals surface area contributed by atoms with Gasteiger partial charge in [0.2, 0.25) is 5.91 Å². The highest BCUT2D eigenvalue weighted by molar-refractivity contribution is 6.04. The largest absolute Gasteiger partial charge is 0.330 e. The summed E-state index contributed by atoms with van der Waals surface area (Å²) in [4.78, 5) is 33.2. The van der Waals surface area contributed by atoms with Crippen molar-refractivity contribution >= 4 is 17.5 Å². The van der Waals surface area contributed by atoms with Crippen LogP contribution in [0.25, 0.3) is 0 Å². The number of aromatic nitrogens is 1. The topological polar surface area (TPSA) is 110 Å². The first kappa shape index (κ1) is 23.6. The van der Waals surface area contributed by atoms with Crippen LogP contribution in [0.3, 0.4) is 0 Å². The molecule has 35 heavy (non-hydrogen) atoms. The summed E-state index contributed by atoms with van der Waals surface area (Å²) < 4.78 is 13.8. The predicted octanol–water partition coefficient (Wildman–Crippen LogP) is 4.54. The van der Waals surface area contributed by atoms with Crippen LogP contribution in [0.2, 0.25) is 0 Å². The summed E-state index contributed by atoms with van der Waals surface area (Å²) in [5, 5.41) is 21.4. The minimum Gasteiger partial charge on any atom is -0.330 e. The molecule has 1 aromatic heterocycles. The van der Waals surface area contributed by atoms with Gasteiger partial charge in [0, 0.05) is 30.2 Å². The number of benzene rings is 2. The molecule has 0 bridgehead atoms. The summed E-state index contributed by atoms with van der Waals surface area (Å²) in [5.41, 5.74) is 1.92. The Bertz CT molecular complexity index is 1390. The third kappa shape index (κ3) is 4.60. The molecular formula is C27H22FN5O2. The number of nitriles is 2. The Morgan fingerprint density at radius 3 is 2.63 bits per heavy atom. The molecule has 1 N–H and O–H groups in total. The van der Waals surface area contributed by atoms with Gasteiger partial charge in [0.25, 0.3) is 5.91 Å². The van der Waals surface area contributed by atoms with Crippen LogP contribution in [-0.4, -0.2) is 28.2 Å². The van der Waals surface area contributed by atoms with Gasteiger partial charge in [-0.2, -0.15) is 10.5 Å². The average molecular weight is 468 g/mol. The minimum absolute atomic E-state index is 0.109. The van der Waals surface area contributed by atoms with E-state index >= 15 is 0 Å². The van der Waals surface area contributed by atoms with E-state index in [-0.39, 0.29) is 23.1 Å². The predicted molar refractivity (Wildman–Crippen MR) is 126 cm³/mol. The fraction of sp³-hybridized carbons (Fsp3) is 0.222. The van der Waals surface area contributed by atoms with Gasteiger partial charge in [-0.1, -0.05) is 32.0 Å². The van der Waals surface area contributed by atoms with Crippen LogP contribution in [0.5, 0.6) is 0 Å². The van der Waals surface area contributed by atoms with Crippen molar-refractivity contribution in [3.8, 4) is 12.1 Å². The van der Waals surface area contributed by atoms with E-state index in [0.717, 1.165) is 6.07 Å². The number of nitrogens with one attached hydrogen (secondary N) is 1. The maximum atomic E-state index is 13.8. The molecule has 0 spiro atoms. The van der Waals surface area contributed by atoms with E-state index in [1.54, 1.807) is 47.5 Å². The molecule has 0 unspecified atom stereocenters. The van der Waals surface area contributed by atoms with Crippen molar-refractivity contribution in [3.63, 3.8) is 0 Å². The van der Waals surface area contributed by atoms with Crippen molar-refractivity contribution in [1.29, 1.82) is 10.5 Å². The lowest BCUT2D eigenvalue weighted by Gasteiger charge is -2.42. The highest BCUT2D eigenvalue weighted by Crippen LogP contribution is 2.43. The Hall–Kier alpha value is -4.56. The number of anilines is 1. The Morgan fingerprint density at radius 1 is 1.14 bits per heavy atom. The quantitative estimate of drug-likeness (QED) is 0.592. The van der Waals surface area contributed by atoms with E-state index in [1.807, 2.05) is 13.8 Å². The minimum atomic E-state index is -0.839. The SMILES string of the molecule is CC(C)CN1C(=O)c2ccccc2[C@H](C(=O)Nc2ccc(F)c(C#N)c2)[C@H]1c1cncc(C#N)c1. The van der Waals surface area contributed by atoms with E-state index in [4.69, 9.17) is 5.26 Å². The number of fused-ring (bicyclic) bond motifs is 1. The second-order valence-corrected chi connectivity index (χ2v) is 8.78. The molecule has 3 aromatic rings. The smallest absolute Gasteiger partial charge is 0.254 e. The van der Waals surface area contributed by atoms with Crippen molar-refractivity contribution < 1.29 is 14.0 Å². The van der Waals surface area contributed by atoms with Gasteiger partial charge in [-0.05, 0) is 47.4 Å². The molecule has 2 amide bonds. The molecule has 4 rings (SSSR count). The standard InChI is InChI=1S/C27H22FN5O2/c1-16(2)15-33-25(19-9-17(11-29)13-31-14-19)24(21-5-3-4-6-22(21)27(33)35)26(34)32-20-7-8-23(28)18(10-20)12-30/h3-10,13-14,16,24-25H,15H2,1-2H3,(H,32,34)/t24-,25+/m0/s1. The molecule has 8 heteroatoms. The second-order valence-electron chi connectivity index (χ2n) is 8.78. The summed E-state index contributed by atoms with van der Waals surface area (Å²) in [6.07, 6.45) is 2.98. The molecule has 1 aliphatic rings. The van der Waals surface area contributed by atoms with E-state index in [0.29, 0.717) is 28.8 Å². The number of halogens is 1. The number of pyridine rings is 1. The lowest BCUT2D eigenvalue weighted by molar-refractivity contribution is -0.119. The molecule has 2 aromatic carbocycles. The molecule has 0 fully saturated rings. The fourth-order valence-corrected chi connectivity index (χ4v) is 4.43. The van der Waals surface area contributed by atoms with Crippen LogP contribution in [-0.2, 0) is 4.79 Å². The van der Waals surface area contributed by atoms with Crippen LogP contribution in [0.1, 0.15) is 58.4 Å². The van der Waals surface area contributed by atoms with Gasteiger partial charge in [0.1, 0.15) is 18.0 Å². The Labute approximate surface area is 202 Å². The molecule has 2 heterocycles. The molecule has 7 nitrogen and oxygen atoms in total. The molecule has 2 atom stereocenters. The molecule has 1 aliphatic heterocycles. The molecule has 0 saturated carbocycles. The first-order chi connectivity index (χ1) is 16.8. The normalized spacial score (nSPS) is 16.9. The van der Waals surface area contributed by atoms with Crippen molar-refractivity contribution in [3.05, 3.63) is 94.6 Å². The van der Waals surface area contributed by atoms with E-state index < -0.39 is 23.7 Å². The number of carbonyl (C=O) groups is 2. The van der Waals surface area contributed by atoms with Gasteiger partial charge in [-0.15, -0.1) is 0 Å². The number of carbonyl (C=O) groups excluding carboxylic acids is 2. The van der Waals surface area contributed by atoms with E-state index in [2.05, 4.69) is 16.4 Å². The van der Waals surface area contributed by atoms with Crippen molar-refractivity contribution in [2.45, 2.75) is 25.8 Å². The molecule has 174 valence electrons. The lowest BCUT2D eigenvalue weighted by Crippen LogP contribution is -2.47. The second kappa shape index (κ2) is 9.74. The molecule has 0 radical (unpaired) electrons. The summed E-state index contributed by atoms with van der Waals surface area (Å²) in [6, 6.07) is 15.5. The molecule has 0 aliphatic carbocycles. The Morgan fingerprint density at radius 2 is 1.91 bits per heavy atom. The fourth-order valence-electron chi connectivity index (χ4n) is 4.43. The highest BCUT2D eigenvalue weighted by Gasteiger charge is 2.44. The van der Waals surface area contributed by atoms with Gasteiger partial charge in [0.15, 0.2) is 0 Å². The number of hydrogen-bond acceptors (Lipinski definition) is 5. The maximum Gasteiger partial charge on any atom is 0.254 e. The van der Waals surface area contributed by atoms with Gasteiger partial charge in [-0.3, -0.25) is 14.6 Å². The highest BCUT2D eigenvalue weighted by atomic mass is 19.1. The Kier molecular flexibility index (Phi) is 6.57. The summed E-state index contributed by atoms with van der Waals surface area (Å²) in [5.74, 6) is -2.05. The van der Waals surface area contributed by atoms with E-state index in [1.165, 1.54) is 18.3 Å². The number of rotatable bonds is 5. The first-order valence-electron chi connectivity index (χ1n) is 11.1. The summed E-state index contributed by atoms with van der Waals surface area (Å²) in [6.45, 7) is 4.34. The Balaban J connectivity index is 1.86. The maximum absolute atomic E-state index is 13.8. The third-order valence-electron chi connectivity index (χ3n) is 5.87. The number of hydrogen-bond donors (Lipinski definition) is 1. The van der Waals surface area contributed by atoms with Crippen LogP contribution in [0.15, 0.2) is 60.9 Å². The number of nitrogens with zero attached hydrogens (tertiary/aromatic N) is 4. The van der Waals surface area contributed by atoms with Gasteiger partial charge < -0.3 is 10.2 Å². The van der Waals surface area contributed by atoms with Crippen LogP contribution in [0.4, 0.5) is 10.1 Å². The third-order valence-corrected chi connectivity index (χ3v) is 5.87. The summed E-state index contributed by atoms with van der Waals surface area (Å²) in [7, 11) is 0. The summed E-state index contributed by atoms with van der Waals surface area (Å²) >= 11 is 0. The zero-order chi connectivity index (χ0) is 25.1. The van der Waals surface area contributed by atoms with Crippen molar-refractivity contribution in [2.75, 3.05) is 11.9 Å². The van der Waals surface area contributed by atoms with E-state index in [9.17, 15) is 19.2 Å². The zero-order valence-electron chi connectivity index (χ0n) is 19.2. The number of amides is 2. The monoisotopic (exact) mass is 467 g/mol. The van der Waals surface area contributed by atoms with Crippen LogP contribution in [0, 0.1) is 34.4 Å². The van der Waals surface area contributed by atoms with Crippen molar-refractivity contribution in [1.82, 2.24) is 9.88 Å². The van der Waals surface area contributed by atoms with Crippen LogP contribution < -0.4 is 5.32 Å². The van der Waals surface area contributed by atoms with Gasteiger partial charge >= 0.3 is 0 Å².